The van der Waals surface area contributed by atoms with E-state index in [2.05, 4.69) is 10.6 Å². The van der Waals surface area contributed by atoms with Crippen LogP contribution in [0.25, 0.3) is 0 Å². The van der Waals surface area contributed by atoms with E-state index in [0.717, 1.165) is 5.56 Å². The van der Waals surface area contributed by atoms with Crippen LogP contribution in [0.5, 0.6) is 0 Å². The van der Waals surface area contributed by atoms with Crippen molar-refractivity contribution in [3.8, 4) is 0 Å². The predicted molar refractivity (Wildman–Crippen MR) is 138 cm³/mol. The molecule has 0 radical (unpaired) electrons. The van der Waals surface area contributed by atoms with Crippen molar-refractivity contribution in [1.82, 2.24) is 10.2 Å². The van der Waals surface area contributed by atoms with Crippen LogP contribution in [-0.2, 0) is 14.3 Å². The fourth-order valence-electron chi connectivity index (χ4n) is 4.73. The fourth-order valence-corrected chi connectivity index (χ4v) is 5.25. The number of fused-ring (bicyclic) bond motifs is 1. The molecular formula is C26H31Cl2N3O5. The topological polar surface area (TPSA) is 100 Å². The van der Waals surface area contributed by atoms with E-state index in [-0.39, 0.29) is 56.3 Å². The molecule has 0 unspecified atom stereocenters. The van der Waals surface area contributed by atoms with Crippen molar-refractivity contribution < 1.29 is 24.2 Å². The number of urea groups is 1. The van der Waals surface area contributed by atoms with Gasteiger partial charge in [-0.15, -0.1) is 0 Å². The van der Waals surface area contributed by atoms with Gasteiger partial charge in [0.15, 0.2) is 0 Å². The monoisotopic (exact) mass is 535 g/mol. The quantitative estimate of drug-likeness (QED) is 0.526. The third-order valence-electron chi connectivity index (χ3n) is 6.45. The molecule has 2 aromatic rings. The summed E-state index contributed by atoms with van der Waals surface area (Å²) in [5, 5.41) is 17.0. The number of amides is 3. The molecule has 0 saturated carbocycles. The SMILES string of the molecule is C[C@@H](NC(=O)C[C@@H]1CC[C@@H]2[C@H](COC[C@@H](O)CN2C(=O)Nc2cc(Cl)cc(Cl)c2)O1)c1ccccc1. The molecule has 0 aliphatic carbocycles. The molecule has 2 aromatic carbocycles. The van der Waals surface area contributed by atoms with E-state index in [0.29, 0.717) is 28.6 Å². The van der Waals surface area contributed by atoms with Crippen LogP contribution < -0.4 is 10.6 Å². The van der Waals surface area contributed by atoms with Crippen LogP contribution in [0, 0.1) is 0 Å². The second kappa shape index (κ2) is 12.3. The van der Waals surface area contributed by atoms with Crippen molar-refractivity contribution in [3.63, 3.8) is 0 Å². The van der Waals surface area contributed by atoms with Crippen molar-refractivity contribution in [1.29, 1.82) is 0 Å². The van der Waals surface area contributed by atoms with Crippen LogP contribution in [0.1, 0.15) is 37.8 Å². The summed E-state index contributed by atoms with van der Waals surface area (Å²) in [6.45, 7) is 2.33. The number of β-amino-alcohol motifs (C(OH)–C–C–N with tert-alkyl or cyclic N) is 1. The van der Waals surface area contributed by atoms with Crippen molar-refractivity contribution in [2.75, 3.05) is 25.1 Å². The molecule has 10 heteroatoms. The van der Waals surface area contributed by atoms with Gasteiger partial charge in [-0.05, 0) is 43.5 Å². The second-order valence-corrected chi connectivity index (χ2v) is 10.2. The highest BCUT2D eigenvalue weighted by Crippen LogP contribution is 2.29. The lowest BCUT2D eigenvalue weighted by Gasteiger charge is -2.44. The van der Waals surface area contributed by atoms with Crippen molar-refractivity contribution in [2.45, 2.75) is 56.6 Å². The maximum absolute atomic E-state index is 13.2. The van der Waals surface area contributed by atoms with E-state index in [4.69, 9.17) is 32.7 Å². The maximum atomic E-state index is 13.2. The third kappa shape index (κ3) is 7.11. The molecule has 0 spiro atoms. The number of nitrogens with one attached hydrogen (secondary N) is 2. The zero-order valence-corrected chi connectivity index (χ0v) is 21.5. The van der Waals surface area contributed by atoms with E-state index in [1.54, 1.807) is 23.1 Å². The van der Waals surface area contributed by atoms with Crippen LogP contribution in [0.3, 0.4) is 0 Å². The molecule has 2 heterocycles. The van der Waals surface area contributed by atoms with Gasteiger partial charge in [-0.2, -0.15) is 0 Å². The lowest BCUT2D eigenvalue weighted by Crippen LogP contribution is -2.58. The number of hydrogen-bond acceptors (Lipinski definition) is 5. The standard InChI is InChI=1S/C26H31Cl2N3O5/c1-16(17-5-3-2-4-6-17)29-25(33)12-22-7-8-23-24(36-22)15-35-14-21(32)13-31(23)26(34)30-20-10-18(27)9-19(28)11-20/h2-6,9-11,16,21-24,32H,7-8,12-15H2,1H3,(H,29,33)(H,30,34)/t16-,21+,22+,23-,24+/m1/s1. The summed E-state index contributed by atoms with van der Waals surface area (Å²) in [6, 6.07) is 13.7. The Morgan fingerprint density at radius 1 is 1.11 bits per heavy atom. The zero-order chi connectivity index (χ0) is 25.7. The van der Waals surface area contributed by atoms with Crippen molar-refractivity contribution in [3.05, 3.63) is 64.1 Å². The summed E-state index contributed by atoms with van der Waals surface area (Å²) >= 11 is 12.1. The smallest absolute Gasteiger partial charge is 0.322 e. The van der Waals surface area contributed by atoms with Gasteiger partial charge in [0.1, 0.15) is 6.10 Å². The Balaban J connectivity index is 1.39. The number of aliphatic hydroxyl groups excluding tert-OH is 1. The first kappa shape index (κ1) is 26.7. The van der Waals surface area contributed by atoms with Gasteiger partial charge in [0.2, 0.25) is 5.91 Å². The highest BCUT2D eigenvalue weighted by atomic mass is 35.5. The molecule has 4 rings (SSSR count). The number of anilines is 1. The fraction of sp³-hybridized carbons (Fsp3) is 0.462. The van der Waals surface area contributed by atoms with Gasteiger partial charge in [-0.25, -0.2) is 4.79 Å². The summed E-state index contributed by atoms with van der Waals surface area (Å²) in [5.74, 6) is -0.0931. The second-order valence-electron chi connectivity index (χ2n) is 9.28. The lowest BCUT2D eigenvalue weighted by molar-refractivity contribution is -0.150. The normalized spacial score (nSPS) is 25.2. The van der Waals surface area contributed by atoms with Gasteiger partial charge >= 0.3 is 6.03 Å². The maximum Gasteiger partial charge on any atom is 0.322 e. The number of aliphatic hydroxyl groups is 1. The third-order valence-corrected chi connectivity index (χ3v) is 6.88. The Hall–Kier alpha value is -2.36. The highest BCUT2D eigenvalue weighted by Gasteiger charge is 2.40. The highest BCUT2D eigenvalue weighted by molar-refractivity contribution is 6.35. The number of carbonyl (C=O) groups excluding carboxylic acids is 2. The molecule has 5 atom stereocenters. The Labute approximate surface area is 220 Å². The molecule has 8 nitrogen and oxygen atoms in total. The van der Waals surface area contributed by atoms with Gasteiger partial charge < -0.3 is 30.1 Å². The molecule has 3 N–H and O–H groups in total. The van der Waals surface area contributed by atoms with Crippen LogP contribution in [0.15, 0.2) is 48.5 Å². The minimum absolute atomic E-state index is 0.0824. The minimum Gasteiger partial charge on any atom is -0.389 e. The van der Waals surface area contributed by atoms with Crippen molar-refractivity contribution in [2.24, 2.45) is 0 Å². The first-order valence-corrected chi connectivity index (χ1v) is 12.8. The molecule has 2 fully saturated rings. The molecule has 3 amide bonds. The number of hydrogen-bond donors (Lipinski definition) is 3. The number of ether oxygens (including phenoxy) is 2. The zero-order valence-electron chi connectivity index (χ0n) is 20.0. The summed E-state index contributed by atoms with van der Waals surface area (Å²) in [5.41, 5.74) is 1.49. The first-order valence-electron chi connectivity index (χ1n) is 12.1. The summed E-state index contributed by atoms with van der Waals surface area (Å²) < 4.78 is 11.9. The Morgan fingerprint density at radius 3 is 2.56 bits per heavy atom. The van der Waals surface area contributed by atoms with E-state index in [1.807, 2.05) is 37.3 Å². The van der Waals surface area contributed by atoms with Crippen LogP contribution in [0.4, 0.5) is 10.5 Å². The van der Waals surface area contributed by atoms with Gasteiger partial charge in [0.25, 0.3) is 0 Å². The van der Waals surface area contributed by atoms with Crippen molar-refractivity contribution >= 4 is 40.8 Å². The Kier molecular flexibility index (Phi) is 9.09. The average molecular weight is 536 g/mol. The van der Waals surface area contributed by atoms with Crippen LogP contribution in [0.2, 0.25) is 10.0 Å². The summed E-state index contributed by atoms with van der Waals surface area (Å²) in [6.07, 6.45) is -0.130. The van der Waals surface area contributed by atoms with E-state index < -0.39 is 12.2 Å². The minimum atomic E-state index is -0.831. The average Bonchev–Trinajstić information content (AvgIpc) is 2.81. The van der Waals surface area contributed by atoms with Gasteiger partial charge in [-0.1, -0.05) is 53.5 Å². The lowest BCUT2D eigenvalue weighted by atomic mass is 9.94. The molecule has 0 aromatic heterocycles. The van der Waals surface area contributed by atoms with Crippen LogP contribution in [-0.4, -0.2) is 66.1 Å². The van der Waals surface area contributed by atoms with Gasteiger partial charge in [-0.3, -0.25) is 4.79 Å². The van der Waals surface area contributed by atoms with E-state index >= 15 is 0 Å². The molecule has 0 bridgehead atoms. The largest absolute Gasteiger partial charge is 0.389 e. The van der Waals surface area contributed by atoms with Gasteiger partial charge in [0, 0.05) is 15.7 Å². The summed E-state index contributed by atoms with van der Waals surface area (Å²) in [7, 11) is 0. The molecule has 2 aliphatic rings. The van der Waals surface area contributed by atoms with Crippen LogP contribution >= 0.6 is 23.2 Å². The Bertz CT molecular complexity index is 1040. The number of halogens is 2. The first-order chi connectivity index (χ1) is 17.3. The number of benzene rings is 2. The van der Waals surface area contributed by atoms with E-state index in [1.165, 1.54) is 0 Å². The van der Waals surface area contributed by atoms with E-state index in [9.17, 15) is 14.7 Å². The van der Waals surface area contributed by atoms with Gasteiger partial charge in [0.05, 0.1) is 50.5 Å². The molecular weight excluding hydrogens is 505 g/mol. The number of carbonyl (C=O) groups is 2. The number of rotatable bonds is 5. The molecule has 194 valence electrons. The predicted octanol–water partition coefficient (Wildman–Crippen LogP) is 4.40. The Morgan fingerprint density at radius 2 is 1.83 bits per heavy atom. The molecule has 36 heavy (non-hydrogen) atoms. The number of nitrogens with zero attached hydrogens (tertiary/aromatic N) is 1. The molecule has 2 aliphatic heterocycles. The molecule has 2 saturated heterocycles. The summed E-state index contributed by atoms with van der Waals surface area (Å²) in [4.78, 5) is 27.5.